The van der Waals surface area contributed by atoms with Crippen LogP contribution in [0.4, 0.5) is 11.4 Å². The van der Waals surface area contributed by atoms with Gasteiger partial charge in [0.1, 0.15) is 0 Å². The van der Waals surface area contributed by atoms with Crippen LogP contribution >= 0.6 is 12.4 Å². The van der Waals surface area contributed by atoms with Crippen LogP contribution in [0.15, 0.2) is 53.4 Å². The fourth-order valence-corrected chi connectivity index (χ4v) is 3.49. The summed E-state index contributed by atoms with van der Waals surface area (Å²) < 4.78 is 25.9. The Bertz CT molecular complexity index is 889. The maximum atomic E-state index is 12.5. The summed E-state index contributed by atoms with van der Waals surface area (Å²) in [4.78, 5) is 12.6. The molecule has 0 aliphatic rings. The summed E-state index contributed by atoms with van der Waals surface area (Å²) in [5, 5.41) is 5.90. The first kappa shape index (κ1) is 23.9. The first-order valence-corrected chi connectivity index (χ1v) is 10.1. The molecule has 0 saturated carbocycles. The molecule has 1 unspecified atom stereocenters. The van der Waals surface area contributed by atoms with Gasteiger partial charge in [0, 0.05) is 33.1 Å². The Kier molecular flexibility index (Phi) is 8.90. The molecule has 0 aromatic heterocycles. The van der Waals surface area contributed by atoms with E-state index in [1.165, 1.54) is 26.2 Å². The zero-order chi connectivity index (χ0) is 20.0. The van der Waals surface area contributed by atoms with Crippen LogP contribution in [0.1, 0.15) is 24.9 Å². The molecule has 28 heavy (non-hydrogen) atoms. The van der Waals surface area contributed by atoms with Gasteiger partial charge in [0.05, 0.1) is 16.3 Å². The molecule has 0 heterocycles. The molecule has 154 valence electrons. The molecule has 1 amide bonds. The molecule has 2 rings (SSSR count). The number of amides is 1. The number of carbonyl (C=O) groups is 1. The fourth-order valence-electron chi connectivity index (χ4n) is 2.56. The Morgan fingerprint density at radius 3 is 2.32 bits per heavy atom. The van der Waals surface area contributed by atoms with Gasteiger partial charge < -0.3 is 16.4 Å². The van der Waals surface area contributed by atoms with Crippen LogP contribution in [0.25, 0.3) is 0 Å². The van der Waals surface area contributed by atoms with Crippen molar-refractivity contribution in [2.24, 2.45) is 5.73 Å². The molecule has 2 aromatic rings. The number of hydrogen-bond donors (Lipinski definition) is 3. The number of sulfonamides is 1. The molecular formula is C19H27ClN4O3S. The zero-order valence-electron chi connectivity index (χ0n) is 16.2. The minimum atomic E-state index is -3.60. The highest BCUT2D eigenvalue weighted by molar-refractivity contribution is 7.89. The Balaban J connectivity index is 0.00000392. The van der Waals surface area contributed by atoms with Crippen molar-refractivity contribution in [2.45, 2.75) is 24.3 Å². The van der Waals surface area contributed by atoms with Gasteiger partial charge in [0.15, 0.2) is 0 Å². The lowest BCUT2D eigenvalue weighted by molar-refractivity contribution is -0.116. The zero-order valence-corrected chi connectivity index (χ0v) is 17.8. The van der Waals surface area contributed by atoms with Crippen LogP contribution in [-0.2, 0) is 14.8 Å². The fraction of sp³-hybridized carbons (Fsp3) is 0.316. The van der Waals surface area contributed by atoms with E-state index in [2.05, 4.69) is 10.6 Å². The quantitative estimate of drug-likeness (QED) is 0.602. The van der Waals surface area contributed by atoms with Gasteiger partial charge in [-0.1, -0.05) is 30.3 Å². The number of carbonyl (C=O) groups excluding carboxylic acids is 1. The van der Waals surface area contributed by atoms with Crippen molar-refractivity contribution in [2.75, 3.05) is 31.3 Å². The maximum absolute atomic E-state index is 12.5. The Morgan fingerprint density at radius 2 is 1.75 bits per heavy atom. The summed E-state index contributed by atoms with van der Waals surface area (Å²) in [6, 6.07) is 13.5. The predicted molar refractivity (Wildman–Crippen MR) is 115 cm³/mol. The van der Waals surface area contributed by atoms with E-state index >= 15 is 0 Å². The largest absolute Gasteiger partial charge is 0.384 e. The van der Waals surface area contributed by atoms with Gasteiger partial charge in [-0.2, -0.15) is 0 Å². The van der Waals surface area contributed by atoms with Crippen molar-refractivity contribution in [1.82, 2.24) is 4.31 Å². The first-order valence-electron chi connectivity index (χ1n) is 8.66. The van der Waals surface area contributed by atoms with Gasteiger partial charge in [-0.25, -0.2) is 12.7 Å². The van der Waals surface area contributed by atoms with Gasteiger partial charge in [-0.15, -0.1) is 12.4 Å². The maximum Gasteiger partial charge on any atom is 0.242 e. The lowest BCUT2D eigenvalue weighted by atomic mass is 10.0. The van der Waals surface area contributed by atoms with Gasteiger partial charge in [0.2, 0.25) is 15.9 Å². The average molecular weight is 427 g/mol. The summed E-state index contributed by atoms with van der Waals surface area (Å²) in [7, 11) is -0.677. The lowest BCUT2D eigenvalue weighted by Gasteiger charge is -2.17. The summed E-state index contributed by atoms with van der Waals surface area (Å²) in [6.07, 6.45) is 0.0836. The summed E-state index contributed by atoms with van der Waals surface area (Å²) in [5.74, 6) is -0.287. The molecular weight excluding hydrogens is 400 g/mol. The summed E-state index contributed by atoms with van der Waals surface area (Å²) in [5.41, 5.74) is 8.03. The third-order valence-electron chi connectivity index (χ3n) is 4.04. The number of benzene rings is 2. The molecule has 0 fully saturated rings. The highest BCUT2D eigenvalue weighted by atomic mass is 35.5. The highest BCUT2D eigenvalue weighted by Gasteiger charge is 2.20. The molecule has 1 atom stereocenters. The number of nitrogens with one attached hydrogen (secondary N) is 2. The van der Waals surface area contributed by atoms with Crippen molar-refractivity contribution < 1.29 is 13.2 Å². The number of nitrogens with zero attached hydrogens (tertiary/aromatic N) is 1. The molecule has 0 radical (unpaired) electrons. The van der Waals surface area contributed by atoms with E-state index in [0.717, 1.165) is 9.87 Å². The minimum absolute atomic E-state index is 0. The number of hydrogen-bond acceptors (Lipinski definition) is 5. The predicted octanol–water partition coefficient (Wildman–Crippen LogP) is 2.82. The molecule has 0 spiro atoms. The SMILES string of the molecule is CCNc1ccc(S(=O)(=O)N(C)C)cc1NC(=O)CC(N)c1ccccc1.Cl. The minimum Gasteiger partial charge on any atom is -0.384 e. The van der Waals surface area contributed by atoms with E-state index in [1.807, 2.05) is 37.3 Å². The first-order chi connectivity index (χ1) is 12.8. The van der Waals surface area contributed by atoms with E-state index in [0.29, 0.717) is 17.9 Å². The molecule has 7 nitrogen and oxygen atoms in total. The summed E-state index contributed by atoms with van der Waals surface area (Å²) >= 11 is 0. The molecule has 0 aliphatic heterocycles. The second-order valence-corrected chi connectivity index (χ2v) is 8.45. The number of nitrogens with two attached hydrogens (primary N) is 1. The van der Waals surface area contributed by atoms with Crippen molar-refractivity contribution in [3.05, 3.63) is 54.1 Å². The molecule has 2 aromatic carbocycles. The van der Waals surface area contributed by atoms with Gasteiger partial charge in [0.25, 0.3) is 0 Å². The third kappa shape index (κ3) is 5.93. The van der Waals surface area contributed by atoms with Crippen LogP contribution in [0.5, 0.6) is 0 Å². The van der Waals surface area contributed by atoms with Crippen LogP contribution in [0.2, 0.25) is 0 Å². The van der Waals surface area contributed by atoms with Crippen LogP contribution in [0.3, 0.4) is 0 Å². The van der Waals surface area contributed by atoms with Gasteiger partial charge in [-0.3, -0.25) is 4.79 Å². The molecule has 0 bridgehead atoms. The molecule has 4 N–H and O–H groups in total. The third-order valence-corrected chi connectivity index (χ3v) is 5.86. The lowest BCUT2D eigenvalue weighted by Crippen LogP contribution is -2.23. The number of halogens is 1. The van der Waals surface area contributed by atoms with Crippen molar-refractivity contribution in [3.63, 3.8) is 0 Å². The average Bonchev–Trinajstić information content (AvgIpc) is 2.63. The standard InChI is InChI=1S/C19H26N4O3S.ClH/c1-4-21-17-11-10-15(27(25,26)23(2)3)12-18(17)22-19(24)13-16(20)14-8-6-5-7-9-14;/h5-12,16,21H,4,13,20H2,1-3H3,(H,22,24);1H. The van der Waals surface area contributed by atoms with E-state index in [1.54, 1.807) is 6.07 Å². The van der Waals surface area contributed by atoms with E-state index in [-0.39, 0.29) is 29.6 Å². The van der Waals surface area contributed by atoms with Crippen molar-refractivity contribution >= 4 is 39.7 Å². The molecule has 0 aliphatic carbocycles. The molecule has 9 heteroatoms. The topological polar surface area (TPSA) is 105 Å². The number of anilines is 2. The van der Waals surface area contributed by atoms with E-state index in [4.69, 9.17) is 5.73 Å². The van der Waals surface area contributed by atoms with Crippen LogP contribution in [-0.4, -0.2) is 39.3 Å². The van der Waals surface area contributed by atoms with E-state index < -0.39 is 16.1 Å². The Labute approximate surface area is 172 Å². The van der Waals surface area contributed by atoms with Crippen LogP contribution < -0.4 is 16.4 Å². The monoisotopic (exact) mass is 426 g/mol. The number of rotatable bonds is 8. The van der Waals surface area contributed by atoms with Crippen molar-refractivity contribution in [3.8, 4) is 0 Å². The Morgan fingerprint density at radius 1 is 1.11 bits per heavy atom. The van der Waals surface area contributed by atoms with Gasteiger partial charge >= 0.3 is 0 Å². The van der Waals surface area contributed by atoms with Gasteiger partial charge in [-0.05, 0) is 30.7 Å². The molecule has 0 saturated heterocycles. The highest BCUT2D eigenvalue weighted by Crippen LogP contribution is 2.27. The summed E-state index contributed by atoms with van der Waals surface area (Å²) in [6.45, 7) is 2.55. The van der Waals surface area contributed by atoms with Crippen molar-refractivity contribution in [1.29, 1.82) is 0 Å². The second kappa shape index (κ2) is 10.4. The smallest absolute Gasteiger partial charge is 0.242 e. The second-order valence-electron chi connectivity index (χ2n) is 6.29. The van der Waals surface area contributed by atoms with Crippen LogP contribution in [0, 0.1) is 0 Å². The Hall–Kier alpha value is -2.13. The normalized spacial score (nSPS) is 12.2. The van der Waals surface area contributed by atoms with E-state index in [9.17, 15) is 13.2 Å².